The highest BCUT2D eigenvalue weighted by atomic mass is 35.5. The lowest BCUT2D eigenvalue weighted by Gasteiger charge is -2.32. The highest BCUT2D eigenvalue weighted by Crippen LogP contribution is 2.22. The Morgan fingerprint density at radius 3 is 2.68 bits per heavy atom. The highest BCUT2D eigenvalue weighted by Gasteiger charge is 2.17. The minimum absolute atomic E-state index is 0.103. The number of nitrogens with zero attached hydrogens (tertiary/aromatic N) is 3. The molecule has 0 atom stereocenters. The maximum atomic E-state index is 10.9. The van der Waals surface area contributed by atoms with Gasteiger partial charge in [0, 0.05) is 49.4 Å². The number of halogens is 1. The zero-order valence-electron chi connectivity index (χ0n) is 10.8. The number of nitrogens with one attached hydrogen (secondary N) is 1. The van der Waals surface area contributed by atoms with Gasteiger partial charge in [0.25, 0.3) is 5.69 Å². The van der Waals surface area contributed by atoms with Gasteiger partial charge in [-0.1, -0.05) is 11.6 Å². The fraction of sp³-hybridized carbons (Fsp3) is 0.500. The Hall–Kier alpha value is -1.21. The minimum atomic E-state index is -0.378. The number of hydrogen-bond acceptors (Lipinski definition) is 5. The summed E-state index contributed by atoms with van der Waals surface area (Å²) in [5.41, 5.74) is 3.94. The second kappa shape index (κ2) is 6.29. The molecular formula is C12H17ClN4O2. The average molecular weight is 285 g/mol. The van der Waals surface area contributed by atoms with Gasteiger partial charge in [-0.15, -0.1) is 0 Å². The van der Waals surface area contributed by atoms with E-state index in [2.05, 4.69) is 22.4 Å². The van der Waals surface area contributed by atoms with Crippen LogP contribution >= 0.6 is 11.6 Å². The maximum absolute atomic E-state index is 10.9. The first-order valence-electron chi connectivity index (χ1n) is 6.16. The molecule has 0 bridgehead atoms. The molecule has 1 aliphatic heterocycles. The van der Waals surface area contributed by atoms with E-state index in [0.29, 0.717) is 17.1 Å². The van der Waals surface area contributed by atoms with Crippen LogP contribution in [0.2, 0.25) is 5.02 Å². The second-order valence-electron chi connectivity index (χ2n) is 4.66. The van der Waals surface area contributed by atoms with Crippen molar-refractivity contribution in [3.8, 4) is 0 Å². The molecule has 6 nitrogen and oxygen atoms in total. The summed E-state index contributed by atoms with van der Waals surface area (Å²) < 4.78 is 0. The van der Waals surface area contributed by atoms with Gasteiger partial charge in [0.1, 0.15) is 0 Å². The summed E-state index contributed by atoms with van der Waals surface area (Å²) >= 11 is 5.89. The Balaban J connectivity index is 1.98. The van der Waals surface area contributed by atoms with Crippen LogP contribution in [-0.4, -0.2) is 48.1 Å². The number of hydrogen-bond donors (Lipinski definition) is 1. The van der Waals surface area contributed by atoms with Crippen LogP contribution in [0.1, 0.15) is 5.56 Å². The monoisotopic (exact) mass is 284 g/mol. The fourth-order valence-corrected chi connectivity index (χ4v) is 2.23. The third kappa shape index (κ3) is 3.87. The smallest absolute Gasteiger partial charge is 0.274 e. The van der Waals surface area contributed by atoms with Gasteiger partial charge < -0.3 is 4.90 Å². The molecule has 7 heteroatoms. The standard InChI is InChI=1S/C12H17ClN4O2/c1-15-4-6-16(7-5-15)14-9-10-8-11(13)2-3-12(10)17(18)19/h2-3,8,14H,4-7,9H2,1H3. The van der Waals surface area contributed by atoms with Crippen molar-refractivity contribution >= 4 is 17.3 Å². The molecule has 0 aromatic heterocycles. The minimum Gasteiger partial charge on any atom is -0.304 e. The summed E-state index contributed by atoms with van der Waals surface area (Å²) in [5, 5.41) is 13.5. The Morgan fingerprint density at radius 1 is 1.37 bits per heavy atom. The zero-order chi connectivity index (χ0) is 13.8. The largest absolute Gasteiger partial charge is 0.304 e. The van der Waals surface area contributed by atoms with Crippen LogP contribution in [0.5, 0.6) is 0 Å². The molecule has 0 aliphatic carbocycles. The van der Waals surface area contributed by atoms with Crippen molar-refractivity contribution in [2.75, 3.05) is 33.2 Å². The van der Waals surface area contributed by atoms with Crippen molar-refractivity contribution in [2.24, 2.45) is 0 Å². The SMILES string of the molecule is CN1CCN(NCc2cc(Cl)ccc2[N+](=O)[O-])CC1. The Kier molecular flexibility index (Phi) is 4.71. The van der Waals surface area contributed by atoms with E-state index < -0.39 is 0 Å². The van der Waals surface area contributed by atoms with E-state index in [1.165, 1.54) is 6.07 Å². The highest BCUT2D eigenvalue weighted by molar-refractivity contribution is 6.30. The van der Waals surface area contributed by atoms with Crippen molar-refractivity contribution in [2.45, 2.75) is 6.54 Å². The van der Waals surface area contributed by atoms with E-state index in [-0.39, 0.29) is 10.6 Å². The van der Waals surface area contributed by atoms with Crippen LogP contribution in [0.25, 0.3) is 0 Å². The molecule has 0 unspecified atom stereocenters. The number of likely N-dealkylation sites (N-methyl/N-ethyl adjacent to an activating group) is 1. The van der Waals surface area contributed by atoms with Crippen molar-refractivity contribution in [3.05, 3.63) is 38.9 Å². The molecule has 1 N–H and O–H groups in total. The summed E-state index contributed by atoms with van der Waals surface area (Å²) in [6.45, 7) is 4.21. The molecule has 1 aromatic carbocycles. The first-order chi connectivity index (χ1) is 9.06. The molecule has 2 rings (SSSR count). The maximum Gasteiger partial charge on any atom is 0.274 e. The molecule has 104 valence electrons. The quantitative estimate of drug-likeness (QED) is 0.671. The molecule has 1 heterocycles. The van der Waals surface area contributed by atoms with Crippen molar-refractivity contribution < 1.29 is 4.92 Å². The third-order valence-electron chi connectivity index (χ3n) is 3.23. The van der Waals surface area contributed by atoms with Crippen LogP contribution < -0.4 is 5.43 Å². The predicted octanol–water partition coefficient (Wildman–Crippen LogP) is 1.50. The van der Waals surface area contributed by atoms with Crippen LogP contribution in [0.3, 0.4) is 0 Å². The lowest BCUT2D eigenvalue weighted by atomic mass is 10.2. The van der Waals surface area contributed by atoms with E-state index in [4.69, 9.17) is 11.6 Å². The summed E-state index contributed by atoms with van der Waals surface area (Å²) in [6, 6.07) is 4.63. The van der Waals surface area contributed by atoms with Gasteiger partial charge in [-0.2, -0.15) is 0 Å². The molecule has 0 radical (unpaired) electrons. The van der Waals surface area contributed by atoms with Gasteiger partial charge in [-0.05, 0) is 19.2 Å². The molecule has 19 heavy (non-hydrogen) atoms. The summed E-state index contributed by atoms with van der Waals surface area (Å²) in [6.07, 6.45) is 0. The van der Waals surface area contributed by atoms with E-state index >= 15 is 0 Å². The van der Waals surface area contributed by atoms with Gasteiger partial charge in [0.2, 0.25) is 0 Å². The third-order valence-corrected chi connectivity index (χ3v) is 3.47. The number of nitro groups is 1. The van der Waals surface area contributed by atoms with E-state index in [1.807, 2.05) is 0 Å². The van der Waals surface area contributed by atoms with E-state index in [0.717, 1.165) is 26.2 Å². The lowest BCUT2D eigenvalue weighted by Crippen LogP contribution is -2.50. The van der Waals surface area contributed by atoms with Crippen molar-refractivity contribution in [3.63, 3.8) is 0 Å². The molecule has 1 saturated heterocycles. The number of benzene rings is 1. The molecule has 0 spiro atoms. The van der Waals surface area contributed by atoms with Crippen molar-refractivity contribution in [1.29, 1.82) is 0 Å². The molecule has 1 aliphatic rings. The average Bonchev–Trinajstić information content (AvgIpc) is 2.38. The Bertz CT molecular complexity index is 461. The summed E-state index contributed by atoms with van der Waals surface area (Å²) in [5.74, 6) is 0. The van der Waals surface area contributed by atoms with Crippen LogP contribution in [0.4, 0.5) is 5.69 Å². The normalized spacial score (nSPS) is 17.6. The van der Waals surface area contributed by atoms with Crippen molar-refractivity contribution in [1.82, 2.24) is 15.3 Å². The zero-order valence-corrected chi connectivity index (χ0v) is 11.6. The number of hydrazine groups is 1. The first kappa shape index (κ1) is 14.2. The summed E-state index contributed by atoms with van der Waals surface area (Å²) in [7, 11) is 2.08. The molecule has 1 fully saturated rings. The number of piperazine rings is 1. The number of nitro benzene ring substituents is 1. The molecule has 0 amide bonds. The topological polar surface area (TPSA) is 61.6 Å². The van der Waals surface area contributed by atoms with Gasteiger partial charge in [0.15, 0.2) is 0 Å². The Morgan fingerprint density at radius 2 is 2.05 bits per heavy atom. The van der Waals surface area contributed by atoms with Gasteiger partial charge in [-0.25, -0.2) is 5.01 Å². The molecule has 0 saturated carbocycles. The van der Waals surface area contributed by atoms with Gasteiger partial charge in [0.05, 0.1) is 4.92 Å². The lowest BCUT2D eigenvalue weighted by molar-refractivity contribution is -0.385. The van der Waals surface area contributed by atoms with Gasteiger partial charge >= 0.3 is 0 Å². The van der Waals surface area contributed by atoms with Crippen LogP contribution in [0.15, 0.2) is 18.2 Å². The van der Waals surface area contributed by atoms with Gasteiger partial charge in [-0.3, -0.25) is 15.5 Å². The Labute approximate surface area is 117 Å². The first-order valence-corrected chi connectivity index (χ1v) is 6.54. The fourth-order valence-electron chi connectivity index (χ4n) is 2.04. The summed E-state index contributed by atoms with van der Waals surface area (Å²) in [4.78, 5) is 12.8. The number of rotatable bonds is 4. The van der Waals surface area contributed by atoms with Crippen LogP contribution in [-0.2, 0) is 6.54 Å². The predicted molar refractivity (Wildman–Crippen MR) is 74.0 cm³/mol. The van der Waals surface area contributed by atoms with Crippen LogP contribution in [0, 0.1) is 10.1 Å². The molecular weight excluding hydrogens is 268 g/mol. The molecule has 1 aromatic rings. The second-order valence-corrected chi connectivity index (χ2v) is 5.09. The van der Waals surface area contributed by atoms with E-state index in [1.54, 1.807) is 12.1 Å². The van der Waals surface area contributed by atoms with E-state index in [9.17, 15) is 10.1 Å².